The third kappa shape index (κ3) is 6.73. The van der Waals surface area contributed by atoms with E-state index in [4.69, 9.17) is 41.4 Å². The molecule has 0 aromatic heterocycles. The Morgan fingerprint density at radius 2 is 1.47 bits per heavy atom. The van der Waals surface area contributed by atoms with Gasteiger partial charge in [-0.2, -0.15) is 10.1 Å². The lowest BCUT2D eigenvalue weighted by molar-refractivity contribution is -0.140. The largest absolute Gasteiger partial charge is 0.493 e. The molecule has 1 saturated heterocycles. The van der Waals surface area contributed by atoms with Crippen LogP contribution in [0.25, 0.3) is 6.08 Å². The fraction of sp³-hybridized carbons (Fsp3) is 0.174. The first-order chi connectivity index (χ1) is 17.2. The van der Waals surface area contributed by atoms with Crippen molar-refractivity contribution < 1.29 is 43.5 Å². The van der Waals surface area contributed by atoms with Crippen molar-refractivity contribution in [1.29, 1.82) is 0 Å². The van der Waals surface area contributed by atoms with E-state index < -0.39 is 31.1 Å². The number of thioether (sulfide) groups is 1. The zero-order valence-corrected chi connectivity index (χ0v) is 20.6. The van der Waals surface area contributed by atoms with Crippen molar-refractivity contribution in [2.24, 2.45) is 5.10 Å². The number of aliphatic carboxylic acids is 2. The van der Waals surface area contributed by atoms with E-state index >= 15 is 0 Å². The minimum atomic E-state index is -1.12. The lowest BCUT2D eigenvalue weighted by Gasteiger charge is -2.10. The Kier molecular flexibility index (Phi) is 8.86. The highest BCUT2D eigenvalue weighted by Gasteiger charge is 2.32. The molecule has 2 N–H and O–H groups in total. The number of hydrazone groups is 1. The highest BCUT2D eigenvalue weighted by Crippen LogP contribution is 2.35. The van der Waals surface area contributed by atoms with Gasteiger partial charge in [0.15, 0.2) is 40.5 Å². The second kappa shape index (κ2) is 12.0. The van der Waals surface area contributed by atoms with Crippen molar-refractivity contribution in [2.45, 2.75) is 0 Å². The van der Waals surface area contributed by atoms with Gasteiger partial charge in [0.05, 0.1) is 25.3 Å². The normalized spacial score (nSPS) is 14.4. The SMILES string of the molecule is COc1cc(/C=N\N2C(=O)/C(=C/c3ccc(OCC(=O)O)c(OC)c3)SC2=S)ccc1OCC(=O)O. The van der Waals surface area contributed by atoms with Crippen molar-refractivity contribution in [3.05, 3.63) is 52.4 Å². The van der Waals surface area contributed by atoms with Gasteiger partial charge in [0, 0.05) is 0 Å². The number of rotatable bonds is 11. The first-order valence-corrected chi connectivity index (χ1v) is 11.3. The Labute approximate surface area is 214 Å². The van der Waals surface area contributed by atoms with Crippen LogP contribution in [0.3, 0.4) is 0 Å². The van der Waals surface area contributed by atoms with Crippen molar-refractivity contribution in [2.75, 3.05) is 27.4 Å². The van der Waals surface area contributed by atoms with E-state index in [0.717, 1.165) is 16.8 Å². The molecule has 1 fully saturated rings. The zero-order valence-electron chi connectivity index (χ0n) is 19.0. The Morgan fingerprint density at radius 1 is 0.944 bits per heavy atom. The van der Waals surface area contributed by atoms with Gasteiger partial charge >= 0.3 is 11.9 Å². The molecule has 0 aliphatic carbocycles. The van der Waals surface area contributed by atoms with Gasteiger partial charge in [0.25, 0.3) is 5.91 Å². The highest BCUT2D eigenvalue weighted by atomic mass is 32.2. The van der Waals surface area contributed by atoms with E-state index in [1.165, 1.54) is 26.5 Å². The number of methoxy groups -OCH3 is 2. The maximum atomic E-state index is 12.9. The summed E-state index contributed by atoms with van der Waals surface area (Å²) in [6.07, 6.45) is 3.02. The molecule has 1 aliphatic rings. The van der Waals surface area contributed by atoms with Gasteiger partial charge in [-0.25, -0.2) is 9.59 Å². The van der Waals surface area contributed by atoms with Crippen molar-refractivity contribution in [3.8, 4) is 23.0 Å². The number of hydrogen-bond acceptors (Lipinski definition) is 10. The van der Waals surface area contributed by atoms with Crippen LogP contribution < -0.4 is 18.9 Å². The van der Waals surface area contributed by atoms with Crippen LogP contribution in [0, 0.1) is 0 Å². The summed E-state index contributed by atoms with van der Waals surface area (Å²) in [7, 11) is 2.83. The minimum Gasteiger partial charge on any atom is -0.493 e. The number of carboxylic acid groups (broad SMARTS) is 2. The smallest absolute Gasteiger partial charge is 0.341 e. The monoisotopic (exact) mass is 532 g/mol. The summed E-state index contributed by atoms with van der Waals surface area (Å²) in [5.41, 5.74) is 1.18. The van der Waals surface area contributed by atoms with Crippen LogP contribution in [0.2, 0.25) is 0 Å². The summed E-state index contributed by atoms with van der Waals surface area (Å²) in [5.74, 6) is -1.56. The van der Waals surface area contributed by atoms with Gasteiger partial charge in [-0.15, -0.1) is 0 Å². The summed E-state index contributed by atoms with van der Waals surface area (Å²) in [6, 6.07) is 9.53. The molecular formula is C23H20N2O9S2. The zero-order chi connectivity index (χ0) is 26.2. The number of ether oxygens (including phenoxy) is 4. The van der Waals surface area contributed by atoms with Gasteiger partial charge in [0.1, 0.15) is 0 Å². The Balaban J connectivity index is 1.75. The molecule has 2 aromatic rings. The molecule has 0 saturated carbocycles. The number of nitrogens with zero attached hydrogens (tertiary/aromatic N) is 2. The number of carbonyl (C=O) groups is 3. The molecule has 1 amide bonds. The third-order valence-electron chi connectivity index (χ3n) is 4.47. The number of carbonyl (C=O) groups excluding carboxylic acids is 1. The van der Waals surface area contributed by atoms with E-state index in [9.17, 15) is 14.4 Å². The van der Waals surface area contributed by atoms with E-state index in [2.05, 4.69) is 5.10 Å². The lowest BCUT2D eigenvalue weighted by atomic mass is 10.2. The van der Waals surface area contributed by atoms with Crippen LogP contribution in [-0.4, -0.2) is 71.0 Å². The first-order valence-electron chi connectivity index (χ1n) is 10.1. The molecule has 1 aliphatic heterocycles. The minimum absolute atomic E-state index is 0.226. The van der Waals surface area contributed by atoms with Crippen LogP contribution >= 0.6 is 24.0 Å². The topological polar surface area (TPSA) is 144 Å². The first kappa shape index (κ1) is 26.5. The Hall–Kier alpha value is -4.10. The Morgan fingerprint density at radius 3 is 2.00 bits per heavy atom. The molecule has 0 unspecified atom stereocenters. The highest BCUT2D eigenvalue weighted by molar-refractivity contribution is 8.26. The van der Waals surface area contributed by atoms with E-state index in [1.54, 1.807) is 36.4 Å². The molecule has 36 heavy (non-hydrogen) atoms. The number of carboxylic acids is 2. The molecule has 0 atom stereocenters. The lowest BCUT2D eigenvalue weighted by Crippen LogP contribution is -2.22. The number of thiocarbonyl (C=S) groups is 1. The number of hydrogen-bond donors (Lipinski definition) is 2. The van der Waals surface area contributed by atoms with Gasteiger partial charge in [-0.3, -0.25) is 4.79 Å². The number of amides is 1. The van der Waals surface area contributed by atoms with E-state index in [-0.39, 0.29) is 15.8 Å². The molecule has 2 aromatic carbocycles. The van der Waals surface area contributed by atoms with Crippen LogP contribution in [0.1, 0.15) is 11.1 Å². The fourth-order valence-corrected chi connectivity index (χ4v) is 4.06. The molecule has 188 valence electrons. The van der Waals surface area contributed by atoms with Crippen LogP contribution in [0.5, 0.6) is 23.0 Å². The predicted molar refractivity (Wildman–Crippen MR) is 135 cm³/mol. The maximum absolute atomic E-state index is 12.9. The molecule has 3 rings (SSSR count). The van der Waals surface area contributed by atoms with E-state index in [1.807, 2.05) is 0 Å². The fourth-order valence-electron chi connectivity index (χ4n) is 2.89. The summed E-state index contributed by atoms with van der Waals surface area (Å²) in [4.78, 5) is 34.7. The van der Waals surface area contributed by atoms with Gasteiger partial charge in [0.2, 0.25) is 0 Å². The molecule has 11 nitrogen and oxygen atoms in total. The molecular weight excluding hydrogens is 512 g/mol. The van der Waals surface area contributed by atoms with Crippen LogP contribution in [-0.2, 0) is 14.4 Å². The van der Waals surface area contributed by atoms with E-state index in [0.29, 0.717) is 27.5 Å². The second-order valence-corrected chi connectivity index (χ2v) is 8.60. The quantitative estimate of drug-likeness (QED) is 0.250. The second-order valence-electron chi connectivity index (χ2n) is 6.92. The summed E-state index contributed by atoms with van der Waals surface area (Å²) >= 11 is 6.36. The summed E-state index contributed by atoms with van der Waals surface area (Å²) in [6.45, 7) is -1.03. The summed E-state index contributed by atoms with van der Waals surface area (Å²) < 4.78 is 21.0. The maximum Gasteiger partial charge on any atom is 0.341 e. The van der Waals surface area contributed by atoms with Crippen molar-refractivity contribution >= 4 is 58.4 Å². The predicted octanol–water partition coefficient (Wildman–Crippen LogP) is 2.87. The standard InChI is InChI=1S/C23H20N2O9S2/c1-31-17-7-13(3-5-15(17)33-11-20(26)27)9-19-22(30)25(23(35)36-19)24-10-14-4-6-16(18(8-14)32-2)34-12-21(28)29/h3-10H,11-12H2,1-2H3,(H,26,27)(H,28,29)/b19-9-,24-10-. The molecule has 13 heteroatoms. The number of benzene rings is 2. The van der Waals surface area contributed by atoms with Gasteiger partial charge in [-0.1, -0.05) is 17.8 Å². The molecule has 1 heterocycles. The third-order valence-corrected chi connectivity index (χ3v) is 5.75. The van der Waals surface area contributed by atoms with Gasteiger partial charge < -0.3 is 29.2 Å². The van der Waals surface area contributed by atoms with Crippen LogP contribution in [0.4, 0.5) is 0 Å². The van der Waals surface area contributed by atoms with Crippen molar-refractivity contribution in [3.63, 3.8) is 0 Å². The average molecular weight is 533 g/mol. The summed E-state index contributed by atoms with van der Waals surface area (Å²) in [5, 5.41) is 22.8. The van der Waals surface area contributed by atoms with Crippen LogP contribution in [0.15, 0.2) is 46.4 Å². The molecule has 0 radical (unpaired) electrons. The molecule has 0 bridgehead atoms. The van der Waals surface area contributed by atoms with Crippen molar-refractivity contribution in [1.82, 2.24) is 5.01 Å². The average Bonchev–Trinajstić information content (AvgIpc) is 3.12. The van der Waals surface area contributed by atoms with Gasteiger partial charge in [-0.05, 0) is 59.8 Å². The molecule has 0 spiro atoms. The Bertz CT molecular complexity index is 1260.